The molecule has 0 aliphatic heterocycles. The van der Waals surface area contributed by atoms with Crippen molar-refractivity contribution < 1.29 is 23.7 Å². The number of hydrogen-bond acceptors (Lipinski definition) is 5. The topological polar surface area (TPSA) is 54.0 Å². The third-order valence-electron chi connectivity index (χ3n) is 2.81. The Morgan fingerprint density at radius 2 is 1.57 bits per heavy atom. The largest absolute Gasteiger partial charge is 0.499 e. The van der Waals surface area contributed by atoms with Crippen molar-refractivity contribution in [2.45, 2.75) is 46.5 Å². The molecule has 0 unspecified atom stereocenters. The Morgan fingerprint density at radius 3 is 2.14 bits per heavy atom. The molecule has 5 heteroatoms. The Morgan fingerprint density at radius 1 is 0.952 bits per heavy atom. The van der Waals surface area contributed by atoms with E-state index in [1.807, 2.05) is 6.26 Å². The number of unbranched alkanes of at least 4 members (excludes halogenated alkanes) is 1. The van der Waals surface area contributed by atoms with Gasteiger partial charge in [-0.1, -0.05) is 20.3 Å². The molecule has 0 bridgehead atoms. The molecule has 0 rings (SSSR count). The van der Waals surface area contributed by atoms with Crippen molar-refractivity contribution in [1.29, 1.82) is 0 Å². The van der Waals surface area contributed by atoms with Crippen LogP contribution in [0.3, 0.4) is 0 Å². The average molecular weight is 302 g/mol. The van der Waals surface area contributed by atoms with Gasteiger partial charge in [0, 0.05) is 6.92 Å². The Bertz CT molecular complexity index is 276. The summed E-state index contributed by atoms with van der Waals surface area (Å²) in [5, 5.41) is 0. The minimum Gasteiger partial charge on any atom is -0.499 e. The van der Waals surface area contributed by atoms with Gasteiger partial charge in [-0.05, 0) is 24.8 Å². The lowest BCUT2D eigenvalue weighted by atomic mass is 10.1. The zero-order valence-electron chi connectivity index (χ0n) is 13.7. The van der Waals surface area contributed by atoms with Gasteiger partial charge in [-0.25, -0.2) is 0 Å². The first kappa shape index (κ1) is 19.9. The molecular formula is C16H30O5. The summed E-state index contributed by atoms with van der Waals surface area (Å²) in [5.41, 5.74) is 1.35. The quantitative estimate of drug-likeness (QED) is 0.280. The zero-order valence-corrected chi connectivity index (χ0v) is 13.7. The monoisotopic (exact) mass is 302 g/mol. The van der Waals surface area contributed by atoms with Crippen LogP contribution < -0.4 is 0 Å². The number of ether oxygens (including phenoxy) is 4. The molecule has 0 radical (unpaired) electrons. The van der Waals surface area contributed by atoms with E-state index >= 15 is 0 Å². The summed E-state index contributed by atoms with van der Waals surface area (Å²) in [6, 6.07) is 0. The maximum Gasteiger partial charge on any atom is 0.302 e. The van der Waals surface area contributed by atoms with E-state index in [1.165, 1.54) is 25.3 Å². The molecule has 0 N–H and O–H groups in total. The molecule has 5 nitrogen and oxygen atoms in total. The average Bonchev–Trinajstić information content (AvgIpc) is 2.47. The smallest absolute Gasteiger partial charge is 0.302 e. The Hall–Kier alpha value is -1.07. The van der Waals surface area contributed by atoms with E-state index in [9.17, 15) is 4.79 Å². The summed E-state index contributed by atoms with van der Waals surface area (Å²) in [7, 11) is 0. The van der Waals surface area contributed by atoms with E-state index in [4.69, 9.17) is 18.9 Å². The molecule has 0 atom stereocenters. The van der Waals surface area contributed by atoms with Crippen LogP contribution in [-0.2, 0) is 23.7 Å². The van der Waals surface area contributed by atoms with Crippen molar-refractivity contribution >= 4 is 5.97 Å². The lowest BCUT2D eigenvalue weighted by Crippen LogP contribution is -2.12. The number of hydrogen-bond donors (Lipinski definition) is 0. The van der Waals surface area contributed by atoms with Crippen LogP contribution in [0.15, 0.2) is 11.8 Å². The molecule has 0 amide bonds. The molecule has 124 valence electrons. The van der Waals surface area contributed by atoms with Crippen molar-refractivity contribution in [3.8, 4) is 0 Å². The molecule has 0 aliphatic carbocycles. The van der Waals surface area contributed by atoms with Crippen LogP contribution in [-0.4, -0.2) is 45.6 Å². The van der Waals surface area contributed by atoms with Gasteiger partial charge in [-0.3, -0.25) is 4.79 Å². The first-order valence-corrected chi connectivity index (χ1v) is 7.79. The van der Waals surface area contributed by atoms with Gasteiger partial charge < -0.3 is 18.9 Å². The highest BCUT2D eigenvalue weighted by molar-refractivity contribution is 5.65. The third kappa shape index (κ3) is 15.1. The minimum atomic E-state index is -0.287. The molecule has 0 spiro atoms. The van der Waals surface area contributed by atoms with Crippen LogP contribution >= 0.6 is 0 Å². The lowest BCUT2D eigenvalue weighted by Gasteiger charge is -2.07. The van der Waals surface area contributed by atoms with Gasteiger partial charge in [-0.2, -0.15) is 0 Å². The Balaban J connectivity index is 3.31. The number of carbonyl (C=O) groups is 1. The highest BCUT2D eigenvalue weighted by Gasteiger charge is 1.95. The summed E-state index contributed by atoms with van der Waals surface area (Å²) >= 11 is 0. The van der Waals surface area contributed by atoms with Crippen molar-refractivity contribution in [2.24, 2.45) is 0 Å². The van der Waals surface area contributed by atoms with Gasteiger partial charge in [0.2, 0.25) is 0 Å². The fourth-order valence-corrected chi connectivity index (χ4v) is 1.57. The fourth-order valence-electron chi connectivity index (χ4n) is 1.57. The molecule has 0 saturated carbocycles. The predicted molar refractivity (Wildman–Crippen MR) is 82.1 cm³/mol. The van der Waals surface area contributed by atoms with Gasteiger partial charge in [-0.15, -0.1) is 0 Å². The summed E-state index contributed by atoms with van der Waals surface area (Å²) < 4.78 is 20.8. The van der Waals surface area contributed by atoms with E-state index in [0.717, 1.165) is 12.8 Å². The first-order valence-electron chi connectivity index (χ1n) is 7.79. The SMILES string of the molecule is CCCC/C(=C/OCCOCCOCCOC(C)=O)CC. The predicted octanol–water partition coefficient (Wildman–Crippen LogP) is 3.08. The van der Waals surface area contributed by atoms with Gasteiger partial charge in [0.05, 0.1) is 32.7 Å². The van der Waals surface area contributed by atoms with Crippen LogP contribution in [0.2, 0.25) is 0 Å². The van der Waals surface area contributed by atoms with Gasteiger partial charge in [0.25, 0.3) is 0 Å². The van der Waals surface area contributed by atoms with E-state index in [0.29, 0.717) is 39.6 Å². The van der Waals surface area contributed by atoms with Crippen molar-refractivity contribution in [3.63, 3.8) is 0 Å². The lowest BCUT2D eigenvalue weighted by molar-refractivity contribution is -0.142. The second kappa shape index (κ2) is 15.3. The molecule has 0 aromatic heterocycles. The Kier molecular flexibility index (Phi) is 14.5. The maximum absolute atomic E-state index is 10.5. The van der Waals surface area contributed by atoms with Crippen LogP contribution in [0, 0.1) is 0 Å². The van der Waals surface area contributed by atoms with Crippen LogP contribution in [0.4, 0.5) is 0 Å². The number of rotatable bonds is 14. The standard InChI is InChI=1S/C16H30O5/c1-4-6-7-16(5-2)14-20-11-10-18-8-9-19-12-13-21-15(3)17/h14H,4-13H2,1-3H3/b16-14+. The number of allylic oxidation sites excluding steroid dienone is 1. The normalized spacial score (nSPS) is 11.5. The maximum atomic E-state index is 10.5. The van der Waals surface area contributed by atoms with Gasteiger partial charge in [0.15, 0.2) is 0 Å². The molecule has 0 aromatic rings. The van der Waals surface area contributed by atoms with E-state index in [-0.39, 0.29) is 5.97 Å². The van der Waals surface area contributed by atoms with E-state index < -0.39 is 0 Å². The van der Waals surface area contributed by atoms with Gasteiger partial charge >= 0.3 is 5.97 Å². The molecule has 0 heterocycles. The highest BCUT2D eigenvalue weighted by atomic mass is 16.6. The molecule has 0 saturated heterocycles. The van der Waals surface area contributed by atoms with Gasteiger partial charge in [0.1, 0.15) is 13.2 Å². The van der Waals surface area contributed by atoms with Crippen LogP contribution in [0.1, 0.15) is 46.5 Å². The third-order valence-corrected chi connectivity index (χ3v) is 2.81. The molecule has 0 fully saturated rings. The summed E-state index contributed by atoms with van der Waals surface area (Å²) in [4.78, 5) is 10.5. The van der Waals surface area contributed by atoms with Crippen LogP contribution in [0.5, 0.6) is 0 Å². The van der Waals surface area contributed by atoms with E-state index in [2.05, 4.69) is 13.8 Å². The number of carbonyl (C=O) groups excluding carboxylic acids is 1. The summed E-state index contributed by atoms with van der Waals surface area (Å²) in [5.74, 6) is -0.287. The second-order valence-electron chi connectivity index (χ2n) is 4.67. The summed E-state index contributed by atoms with van der Waals surface area (Å²) in [6.45, 7) is 8.53. The van der Waals surface area contributed by atoms with Crippen molar-refractivity contribution in [3.05, 3.63) is 11.8 Å². The summed E-state index contributed by atoms with van der Waals surface area (Å²) in [6.07, 6.45) is 6.44. The molecule has 0 aromatic carbocycles. The fraction of sp³-hybridized carbons (Fsp3) is 0.812. The highest BCUT2D eigenvalue weighted by Crippen LogP contribution is 2.10. The Labute approximate surface area is 128 Å². The molecular weight excluding hydrogens is 272 g/mol. The van der Waals surface area contributed by atoms with E-state index in [1.54, 1.807) is 0 Å². The first-order chi connectivity index (χ1) is 10.2. The second-order valence-corrected chi connectivity index (χ2v) is 4.67. The van der Waals surface area contributed by atoms with Crippen molar-refractivity contribution in [2.75, 3.05) is 39.6 Å². The zero-order chi connectivity index (χ0) is 15.8. The van der Waals surface area contributed by atoms with Crippen molar-refractivity contribution in [1.82, 2.24) is 0 Å². The number of esters is 1. The minimum absolute atomic E-state index is 0.287. The molecule has 0 aliphatic rings. The molecule has 21 heavy (non-hydrogen) atoms. The van der Waals surface area contributed by atoms with Crippen LogP contribution in [0.25, 0.3) is 0 Å².